The van der Waals surface area contributed by atoms with Crippen molar-refractivity contribution < 1.29 is 4.74 Å². The lowest BCUT2D eigenvalue weighted by Gasteiger charge is -2.39. The summed E-state index contributed by atoms with van der Waals surface area (Å²) < 4.78 is 6.93. The smallest absolute Gasteiger partial charge is 0.160 e. The van der Waals surface area contributed by atoms with Gasteiger partial charge in [0.2, 0.25) is 0 Å². The van der Waals surface area contributed by atoms with Gasteiger partial charge in [0.15, 0.2) is 5.82 Å². The molecular formula is C57H38N2O. The number of aromatic nitrogens is 2. The van der Waals surface area contributed by atoms with Crippen LogP contribution in [0.15, 0.2) is 206 Å². The molecule has 1 aromatic heterocycles. The largest absolute Gasteiger partial charge is 0.457 e. The van der Waals surface area contributed by atoms with Crippen molar-refractivity contribution in [2.24, 2.45) is 0 Å². The van der Waals surface area contributed by atoms with Gasteiger partial charge in [-0.1, -0.05) is 188 Å². The number of ether oxygens (including phenoxy) is 1. The molecule has 0 saturated heterocycles. The van der Waals surface area contributed by atoms with Crippen LogP contribution in [-0.4, -0.2) is 9.97 Å². The molecule has 12 rings (SSSR count). The Morgan fingerprint density at radius 2 is 1.00 bits per heavy atom. The lowest BCUT2D eigenvalue weighted by molar-refractivity contribution is 0.436. The van der Waals surface area contributed by atoms with Gasteiger partial charge < -0.3 is 4.74 Å². The number of nitrogens with zero attached hydrogens (tertiary/aromatic N) is 2. The van der Waals surface area contributed by atoms with Gasteiger partial charge in [-0.15, -0.1) is 0 Å². The van der Waals surface area contributed by atoms with Gasteiger partial charge in [0.25, 0.3) is 0 Å². The summed E-state index contributed by atoms with van der Waals surface area (Å²) in [5.74, 6) is 2.48. The minimum atomic E-state index is -0.500. The van der Waals surface area contributed by atoms with Crippen molar-refractivity contribution in [3.05, 3.63) is 240 Å². The molecule has 0 saturated carbocycles. The van der Waals surface area contributed by atoms with Gasteiger partial charge in [0.05, 0.1) is 16.8 Å². The van der Waals surface area contributed by atoms with Crippen LogP contribution in [0.2, 0.25) is 0 Å². The Morgan fingerprint density at radius 1 is 0.417 bits per heavy atom. The average molecular weight is 767 g/mol. The average Bonchev–Trinajstić information content (AvgIpc) is 3.62. The summed E-state index contributed by atoms with van der Waals surface area (Å²) in [5, 5.41) is 2.35. The van der Waals surface area contributed by atoms with E-state index in [2.05, 4.69) is 206 Å². The van der Waals surface area contributed by atoms with E-state index >= 15 is 0 Å². The molecule has 8 aromatic carbocycles. The predicted octanol–water partition coefficient (Wildman–Crippen LogP) is 14.4. The fourth-order valence-corrected chi connectivity index (χ4v) is 10.1. The van der Waals surface area contributed by atoms with Crippen LogP contribution in [-0.2, 0) is 5.41 Å². The van der Waals surface area contributed by atoms with Crippen molar-refractivity contribution in [1.29, 1.82) is 0 Å². The Balaban J connectivity index is 1.05. The maximum Gasteiger partial charge on any atom is 0.160 e. The molecule has 0 radical (unpaired) electrons. The normalized spacial score (nSPS) is 14.3. The minimum Gasteiger partial charge on any atom is -0.457 e. The van der Waals surface area contributed by atoms with Crippen LogP contribution in [0.5, 0.6) is 11.5 Å². The molecule has 1 spiro atoms. The number of hydrogen-bond acceptors (Lipinski definition) is 3. The van der Waals surface area contributed by atoms with Crippen LogP contribution in [0.1, 0.15) is 46.5 Å². The van der Waals surface area contributed by atoms with Crippen molar-refractivity contribution in [3.63, 3.8) is 0 Å². The van der Waals surface area contributed by atoms with Crippen LogP contribution in [0.4, 0.5) is 0 Å². The van der Waals surface area contributed by atoms with Crippen LogP contribution in [0, 0.1) is 0 Å². The Morgan fingerprint density at radius 3 is 1.75 bits per heavy atom. The summed E-state index contributed by atoms with van der Waals surface area (Å²) in [5.41, 5.74) is 16.7. The van der Waals surface area contributed by atoms with E-state index in [1.807, 2.05) is 0 Å². The Bertz CT molecular complexity index is 3190. The molecule has 0 bridgehead atoms. The van der Waals surface area contributed by atoms with Crippen molar-refractivity contribution in [3.8, 4) is 56.3 Å². The monoisotopic (exact) mass is 766 g/mol. The molecule has 3 heteroatoms. The zero-order valence-corrected chi connectivity index (χ0v) is 32.8. The third-order valence-electron chi connectivity index (χ3n) is 12.7. The summed E-state index contributed by atoms with van der Waals surface area (Å²) in [6, 6.07) is 69.6. The summed E-state index contributed by atoms with van der Waals surface area (Å²) in [7, 11) is 0. The number of hydrogen-bond donors (Lipinski definition) is 0. The molecule has 0 unspecified atom stereocenters. The van der Waals surface area contributed by atoms with Gasteiger partial charge in [-0.25, -0.2) is 9.97 Å². The fourth-order valence-electron chi connectivity index (χ4n) is 10.1. The van der Waals surface area contributed by atoms with Crippen LogP contribution >= 0.6 is 0 Å². The van der Waals surface area contributed by atoms with E-state index in [-0.39, 0.29) is 0 Å². The van der Waals surface area contributed by atoms with Gasteiger partial charge in [-0.3, -0.25) is 0 Å². The number of para-hydroxylation sites is 1. The first-order chi connectivity index (χ1) is 29.8. The van der Waals surface area contributed by atoms with Crippen LogP contribution in [0.25, 0.3) is 66.7 Å². The van der Waals surface area contributed by atoms with Crippen LogP contribution < -0.4 is 4.74 Å². The Kier molecular flexibility index (Phi) is 7.89. The predicted molar refractivity (Wildman–Crippen MR) is 245 cm³/mol. The van der Waals surface area contributed by atoms with Gasteiger partial charge in [-0.2, -0.15) is 0 Å². The highest BCUT2D eigenvalue weighted by Crippen LogP contribution is 2.62. The zero-order chi connectivity index (χ0) is 39.6. The van der Waals surface area contributed by atoms with Crippen molar-refractivity contribution in [2.45, 2.75) is 18.3 Å². The minimum absolute atomic E-state index is 0.500. The summed E-state index contributed by atoms with van der Waals surface area (Å²) in [4.78, 5) is 10.8. The van der Waals surface area contributed by atoms with Crippen molar-refractivity contribution >= 4 is 21.9 Å². The van der Waals surface area contributed by atoms with Crippen LogP contribution in [0.3, 0.4) is 0 Å². The third kappa shape index (κ3) is 5.22. The Hall–Kier alpha value is -7.62. The molecule has 2 aliphatic carbocycles. The van der Waals surface area contributed by atoms with Gasteiger partial charge >= 0.3 is 0 Å². The first-order valence-electron chi connectivity index (χ1n) is 20.8. The number of rotatable bonds is 5. The standard InChI is InChI=1S/C57H38N2O/c1-3-17-37(18-4-1)41-32-33-46(43-23-9-8-22-42(41)43)53-36-52(38-19-5-2-6-20-38)58-56(59-53)47-26-10-7-21-40(47)39-31-34-51-55(35-39)60-54-30-16-15-29-50(54)57(51)48-27-13-11-24-44(48)45-25-12-14-28-49(45)57/h1-6,8-20,22-36H,7,21H2. The summed E-state index contributed by atoms with van der Waals surface area (Å²) in [6.45, 7) is 0. The molecule has 9 aromatic rings. The van der Waals surface area contributed by atoms with E-state index in [1.54, 1.807) is 0 Å². The molecule has 3 nitrogen and oxygen atoms in total. The highest BCUT2D eigenvalue weighted by molar-refractivity contribution is 6.05. The molecule has 282 valence electrons. The molecular weight excluding hydrogens is 729 g/mol. The van der Waals surface area contributed by atoms with E-state index in [1.165, 1.54) is 49.9 Å². The van der Waals surface area contributed by atoms with E-state index in [9.17, 15) is 0 Å². The first-order valence-corrected chi connectivity index (χ1v) is 20.8. The maximum absolute atomic E-state index is 6.93. The summed E-state index contributed by atoms with van der Waals surface area (Å²) >= 11 is 0. The molecule has 0 atom stereocenters. The highest BCUT2D eigenvalue weighted by atomic mass is 16.5. The lowest BCUT2D eigenvalue weighted by atomic mass is 9.66. The third-order valence-corrected chi connectivity index (χ3v) is 12.7. The molecule has 0 N–H and O–H groups in total. The van der Waals surface area contributed by atoms with Gasteiger partial charge in [-0.05, 0) is 86.3 Å². The lowest BCUT2D eigenvalue weighted by Crippen LogP contribution is -2.32. The van der Waals surface area contributed by atoms with Crippen molar-refractivity contribution in [2.75, 3.05) is 0 Å². The highest BCUT2D eigenvalue weighted by Gasteiger charge is 2.51. The van der Waals surface area contributed by atoms with Crippen molar-refractivity contribution in [1.82, 2.24) is 9.97 Å². The molecule has 1 aliphatic heterocycles. The topological polar surface area (TPSA) is 35.0 Å². The zero-order valence-electron chi connectivity index (χ0n) is 32.8. The second-order valence-corrected chi connectivity index (χ2v) is 15.9. The maximum atomic E-state index is 6.93. The molecule has 3 aliphatic rings. The molecule has 2 heterocycles. The SMILES string of the molecule is C1=CC(c2nc(-c3ccccc3)cc(-c3ccc(-c4ccccc4)c4ccccc34)n2)=C(c2ccc3c(c2)Oc2ccccc2C32c3ccccc3-c3ccccc32)CC1. The van der Waals surface area contributed by atoms with E-state index < -0.39 is 5.41 Å². The second-order valence-electron chi connectivity index (χ2n) is 15.9. The molecule has 60 heavy (non-hydrogen) atoms. The van der Waals surface area contributed by atoms with Gasteiger partial charge in [0, 0.05) is 27.8 Å². The number of allylic oxidation sites excluding steroid dienone is 4. The van der Waals surface area contributed by atoms with Gasteiger partial charge in [0.1, 0.15) is 11.5 Å². The first kappa shape index (κ1) is 34.4. The van der Waals surface area contributed by atoms with E-state index in [4.69, 9.17) is 14.7 Å². The number of fused-ring (bicyclic) bond motifs is 10. The number of benzene rings is 8. The summed E-state index contributed by atoms with van der Waals surface area (Å²) in [6.07, 6.45) is 6.28. The second kappa shape index (κ2) is 13.8. The molecule has 0 fully saturated rings. The van der Waals surface area contributed by atoms with E-state index in [0.717, 1.165) is 68.9 Å². The quantitative estimate of drug-likeness (QED) is 0.175. The van der Waals surface area contributed by atoms with E-state index in [0.29, 0.717) is 5.82 Å². The fraction of sp³-hybridized carbons (Fsp3) is 0.0526. The molecule has 0 amide bonds. The Labute approximate surface area is 349 Å².